The molecule has 0 atom stereocenters. The van der Waals surface area contributed by atoms with E-state index >= 15 is 0 Å². The molecule has 0 aliphatic heterocycles. The lowest BCUT2D eigenvalue weighted by atomic mass is 9.94. The van der Waals surface area contributed by atoms with Gasteiger partial charge in [0.25, 0.3) is 0 Å². The van der Waals surface area contributed by atoms with Gasteiger partial charge in [-0.05, 0) is 122 Å². The Balaban J connectivity index is 0.956. The molecule has 272 valence electrons. The van der Waals surface area contributed by atoms with Crippen molar-refractivity contribution in [3.8, 4) is 39.1 Å². The largest absolute Gasteiger partial charge is 0.310 e. The Bertz CT molecular complexity index is 3250. The summed E-state index contributed by atoms with van der Waals surface area (Å²) >= 11 is 0. The molecule has 0 fully saturated rings. The predicted molar refractivity (Wildman–Crippen MR) is 247 cm³/mol. The zero-order valence-electron chi connectivity index (χ0n) is 31.8. The molecular weight excluding hydrogens is 701 g/mol. The van der Waals surface area contributed by atoms with Crippen LogP contribution in [0.3, 0.4) is 0 Å². The van der Waals surface area contributed by atoms with Crippen molar-refractivity contribution < 1.29 is 0 Å². The van der Waals surface area contributed by atoms with Crippen LogP contribution in [0.2, 0.25) is 0 Å². The maximum absolute atomic E-state index is 2.40. The van der Waals surface area contributed by atoms with Crippen LogP contribution in [0.5, 0.6) is 0 Å². The number of benzene rings is 10. The first kappa shape index (κ1) is 33.6. The second-order valence-corrected chi connectivity index (χ2v) is 15.0. The summed E-state index contributed by atoms with van der Waals surface area (Å²) in [5, 5.41) is 7.50. The van der Waals surface area contributed by atoms with Gasteiger partial charge in [0.2, 0.25) is 0 Å². The molecule has 10 aromatic carbocycles. The standard InChI is InChI=1S/C56H38N2/c1-2-12-39(13-3-1)41-22-29-47(30-23-41)57(50-35-24-40-14-4-5-15-44(40)36-50)48-31-25-42(26-32-48)51-18-8-9-19-52(51)43-27-33-49(34-28-43)58-55-21-11-10-20-53(55)54-37-45-16-6-7-17-46(45)38-56(54)58/h1-38H. The average Bonchev–Trinajstić information content (AvgIpc) is 3.62. The van der Waals surface area contributed by atoms with E-state index in [1.165, 1.54) is 76.7 Å². The van der Waals surface area contributed by atoms with E-state index in [2.05, 4.69) is 240 Å². The minimum Gasteiger partial charge on any atom is -0.310 e. The molecule has 2 heteroatoms. The summed E-state index contributed by atoms with van der Waals surface area (Å²) < 4.78 is 2.40. The number of anilines is 3. The summed E-state index contributed by atoms with van der Waals surface area (Å²) in [6, 6.07) is 83.6. The Morgan fingerprint density at radius 1 is 0.276 bits per heavy atom. The molecule has 11 aromatic rings. The Labute approximate surface area is 338 Å². The maximum Gasteiger partial charge on any atom is 0.0547 e. The monoisotopic (exact) mass is 738 g/mol. The van der Waals surface area contributed by atoms with E-state index in [4.69, 9.17) is 0 Å². The van der Waals surface area contributed by atoms with Gasteiger partial charge in [-0.3, -0.25) is 0 Å². The quantitative estimate of drug-likeness (QED) is 0.158. The SMILES string of the molecule is c1ccc(-c2ccc(N(c3ccc(-c4ccccc4-c4ccc(-n5c6ccccc6c6cc7ccccc7cc65)cc4)cc3)c3ccc4ccccc4c3)cc2)cc1. The highest BCUT2D eigenvalue weighted by atomic mass is 15.1. The highest BCUT2D eigenvalue weighted by Crippen LogP contribution is 2.40. The van der Waals surface area contributed by atoms with Crippen molar-refractivity contribution in [3.05, 3.63) is 231 Å². The molecule has 0 saturated carbocycles. The smallest absolute Gasteiger partial charge is 0.0547 e. The zero-order valence-corrected chi connectivity index (χ0v) is 31.8. The van der Waals surface area contributed by atoms with E-state index in [-0.39, 0.29) is 0 Å². The molecule has 0 spiro atoms. The summed E-state index contributed by atoms with van der Waals surface area (Å²) in [4.78, 5) is 2.35. The molecule has 0 unspecified atom stereocenters. The summed E-state index contributed by atoms with van der Waals surface area (Å²) in [5.74, 6) is 0. The van der Waals surface area contributed by atoms with Crippen molar-refractivity contribution in [1.29, 1.82) is 0 Å². The molecule has 0 aliphatic carbocycles. The van der Waals surface area contributed by atoms with Gasteiger partial charge < -0.3 is 9.47 Å². The van der Waals surface area contributed by atoms with E-state index in [1.807, 2.05) is 0 Å². The van der Waals surface area contributed by atoms with Crippen molar-refractivity contribution in [3.63, 3.8) is 0 Å². The minimum absolute atomic E-state index is 1.10. The van der Waals surface area contributed by atoms with Crippen LogP contribution in [0.25, 0.3) is 82.4 Å². The minimum atomic E-state index is 1.10. The first-order chi connectivity index (χ1) is 28.7. The van der Waals surface area contributed by atoms with Crippen molar-refractivity contribution in [2.75, 3.05) is 4.90 Å². The van der Waals surface area contributed by atoms with Gasteiger partial charge >= 0.3 is 0 Å². The van der Waals surface area contributed by atoms with Gasteiger partial charge in [0.05, 0.1) is 11.0 Å². The van der Waals surface area contributed by atoms with Crippen molar-refractivity contribution in [1.82, 2.24) is 4.57 Å². The van der Waals surface area contributed by atoms with Crippen LogP contribution in [0.15, 0.2) is 231 Å². The topological polar surface area (TPSA) is 8.17 Å². The number of rotatable bonds is 7. The fraction of sp³-hybridized carbons (Fsp3) is 0. The van der Waals surface area contributed by atoms with Crippen LogP contribution < -0.4 is 4.90 Å². The molecule has 0 amide bonds. The molecular formula is C56H38N2. The van der Waals surface area contributed by atoms with Crippen LogP contribution >= 0.6 is 0 Å². The van der Waals surface area contributed by atoms with Crippen molar-refractivity contribution in [2.45, 2.75) is 0 Å². The number of hydrogen-bond donors (Lipinski definition) is 0. The van der Waals surface area contributed by atoms with E-state index in [1.54, 1.807) is 0 Å². The maximum atomic E-state index is 2.40. The Hall–Kier alpha value is -7.68. The fourth-order valence-electron chi connectivity index (χ4n) is 8.70. The third-order valence-corrected chi connectivity index (χ3v) is 11.6. The Morgan fingerprint density at radius 3 is 1.43 bits per heavy atom. The lowest BCUT2D eigenvalue weighted by Crippen LogP contribution is -2.09. The molecule has 1 aromatic heterocycles. The number of hydrogen-bond acceptors (Lipinski definition) is 1. The zero-order chi connectivity index (χ0) is 38.4. The van der Waals surface area contributed by atoms with E-state index in [0.717, 1.165) is 22.7 Å². The first-order valence-corrected chi connectivity index (χ1v) is 19.9. The van der Waals surface area contributed by atoms with Crippen LogP contribution in [0.1, 0.15) is 0 Å². The van der Waals surface area contributed by atoms with Gasteiger partial charge in [0, 0.05) is 33.5 Å². The van der Waals surface area contributed by atoms with Crippen molar-refractivity contribution >= 4 is 60.4 Å². The van der Waals surface area contributed by atoms with Gasteiger partial charge in [0.1, 0.15) is 0 Å². The van der Waals surface area contributed by atoms with Gasteiger partial charge in [-0.1, -0.05) is 164 Å². The van der Waals surface area contributed by atoms with Gasteiger partial charge in [-0.2, -0.15) is 0 Å². The number of fused-ring (bicyclic) bond motifs is 5. The number of nitrogens with zero attached hydrogens (tertiary/aromatic N) is 2. The van der Waals surface area contributed by atoms with Gasteiger partial charge in [-0.25, -0.2) is 0 Å². The molecule has 0 saturated heterocycles. The molecule has 0 radical (unpaired) electrons. The lowest BCUT2D eigenvalue weighted by Gasteiger charge is -2.26. The molecule has 58 heavy (non-hydrogen) atoms. The molecule has 1 heterocycles. The first-order valence-electron chi connectivity index (χ1n) is 19.9. The van der Waals surface area contributed by atoms with Crippen molar-refractivity contribution in [2.24, 2.45) is 0 Å². The summed E-state index contributed by atoms with van der Waals surface area (Å²) in [5.41, 5.74) is 14.1. The highest BCUT2D eigenvalue weighted by Gasteiger charge is 2.17. The number of para-hydroxylation sites is 1. The molecule has 0 bridgehead atoms. The van der Waals surface area contributed by atoms with E-state index in [0.29, 0.717) is 0 Å². The average molecular weight is 739 g/mol. The normalized spacial score (nSPS) is 11.4. The molecule has 0 N–H and O–H groups in total. The number of aromatic nitrogens is 1. The second kappa shape index (κ2) is 14.1. The lowest BCUT2D eigenvalue weighted by molar-refractivity contribution is 1.18. The Kier molecular flexibility index (Phi) is 8.19. The third kappa shape index (κ3) is 5.91. The van der Waals surface area contributed by atoms with Crippen LogP contribution in [-0.4, -0.2) is 4.57 Å². The van der Waals surface area contributed by atoms with E-state index in [9.17, 15) is 0 Å². The third-order valence-electron chi connectivity index (χ3n) is 11.6. The van der Waals surface area contributed by atoms with Crippen LogP contribution in [0, 0.1) is 0 Å². The van der Waals surface area contributed by atoms with Crippen LogP contribution in [0.4, 0.5) is 17.1 Å². The molecule has 11 rings (SSSR count). The Morgan fingerprint density at radius 2 is 0.759 bits per heavy atom. The summed E-state index contributed by atoms with van der Waals surface area (Å²) in [6.07, 6.45) is 0. The predicted octanol–water partition coefficient (Wildman–Crippen LogP) is 15.6. The van der Waals surface area contributed by atoms with E-state index < -0.39 is 0 Å². The fourth-order valence-corrected chi connectivity index (χ4v) is 8.70. The van der Waals surface area contributed by atoms with Gasteiger partial charge in [-0.15, -0.1) is 0 Å². The molecule has 2 nitrogen and oxygen atoms in total. The summed E-state index contributed by atoms with van der Waals surface area (Å²) in [6.45, 7) is 0. The molecule has 0 aliphatic rings. The van der Waals surface area contributed by atoms with Crippen LogP contribution in [-0.2, 0) is 0 Å². The second-order valence-electron chi connectivity index (χ2n) is 15.0. The summed E-state index contributed by atoms with van der Waals surface area (Å²) in [7, 11) is 0. The highest BCUT2D eigenvalue weighted by molar-refractivity contribution is 6.13. The van der Waals surface area contributed by atoms with Gasteiger partial charge in [0.15, 0.2) is 0 Å².